The summed E-state index contributed by atoms with van der Waals surface area (Å²) in [5.41, 5.74) is 0.937. The van der Waals surface area contributed by atoms with Gasteiger partial charge >= 0.3 is 5.97 Å². The van der Waals surface area contributed by atoms with E-state index in [2.05, 4.69) is 0 Å². The zero-order valence-corrected chi connectivity index (χ0v) is 12.5. The molecule has 0 N–H and O–H groups in total. The predicted molar refractivity (Wildman–Crippen MR) is 77.9 cm³/mol. The van der Waals surface area contributed by atoms with Crippen molar-refractivity contribution in [3.63, 3.8) is 0 Å². The zero-order chi connectivity index (χ0) is 14.3. The fourth-order valence-corrected chi connectivity index (χ4v) is 2.50. The molecule has 0 saturated heterocycles. The van der Waals surface area contributed by atoms with Gasteiger partial charge in [0, 0.05) is 22.9 Å². The lowest BCUT2D eigenvalue weighted by atomic mass is 10.3. The Hall–Kier alpha value is -1.36. The van der Waals surface area contributed by atoms with Crippen LogP contribution in [0.2, 0.25) is 0 Å². The van der Waals surface area contributed by atoms with Gasteiger partial charge in [0.25, 0.3) is 0 Å². The third kappa shape index (κ3) is 4.67. The molecule has 0 heterocycles. The first-order valence-corrected chi connectivity index (χ1v) is 7.83. The van der Waals surface area contributed by atoms with Gasteiger partial charge in [-0.25, -0.2) is 0 Å². The van der Waals surface area contributed by atoms with Gasteiger partial charge in [-0.05, 0) is 38.1 Å². The summed E-state index contributed by atoms with van der Waals surface area (Å²) < 4.78 is 16.6. The van der Waals surface area contributed by atoms with E-state index in [9.17, 15) is 9.00 Å². The number of carbonyl (C=O) groups excluding carboxylic acids is 1. The minimum absolute atomic E-state index is 0.231. The molecule has 0 aliphatic carbocycles. The Morgan fingerprint density at radius 1 is 1.21 bits per heavy atom. The Balaban J connectivity index is 2.76. The van der Waals surface area contributed by atoms with E-state index in [1.54, 1.807) is 6.92 Å². The van der Waals surface area contributed by atoms with Gasteiger partial charge in [0.05, 0.1) is 17.4 Å². The van der Waals surface area contributed by atoms with Crippen molar-refractivity contribution in [3.8, 4) is 0 Å². The van der Waals surface area contributed by atoms with Crippen molar-refractivity contribution < 1.29 is 13.7 Å². The molecular formula is C14H21NO3S. The van der Waals surface area contributed by atoms with Crippen LogP contribution in [0, 0.1) is 0 Å². The van der Waals surface area contributed by atoms with E-state index in [0.29, 0.717) is 12.4 Å². The summed E-state index contributed by atoms with van der Waals surface area (Å²) in [4.78, 5) is 14.2. The van der Waals surface area contributed by atoms with Crippen molar-refractivity contribution in [2.45, 2.75) is 25.7 Å². The Bertz CT molecular complexity index is 431. The highest BCUT2D eigenvalue weighted by molar-refractivity contribution is 7.85. The van der Waals surface area contributed by atoms with Crippen LogP contribution in [-0.4, -0.2) is 35.6 Å². The Morgan fingerprint density at radius 2 is 1.84 bits per heavy atom. The number of hydrogen-bond donors (Lipinski definition) is 0. The molecule has 0 aliphatic heterocycles. The van der Waals surface area contributed by atoms with Crippen molar-refractivity contribution in [1.29, 1.82) is 0 Å². The molecule has 0 radical (unpaired) electrons. The molecule has 1 atom stereocenters. The lowest BCUT2D eigenvalue weighted by molar-refractivity contribution is -0.141. The van der Waals surface area contributed by atoms with E-state index in [1.807, 2.05) is 43.0 Å². The van der Waals surface area contributed by atoms with Gasteiger partial charge in [0.1, 0.15) is 6.54 Å². The molecule has 1 unspecified atom stereocenters. The van der Waals surface area contributed by atoms with Gasteiger partial charge in [-0.3, -0.25) is 9.00 Å². The van der Waals surface area contributed by atoms with Crippen LogP contribution in [0.5, 0.6) is 0 Å². The number of ether oxygens (including phenoxy) is 1. The van der Waals surface area contributed by atoms with Gasteiger partial charge in [-0.2, -0.15) is 0 Å². The predicted octanol–water partition coefficient (Wildman–Crippen LogP) is 2.20. The first kappa shape index (κ1) is 15.7. The van der Waals surface area contributed by atoms with Crippen LogP contribution in [0.3, 0.4) is 0 Å². The third-order valence-corrected chi connectivity index (χ3v) is 4.06. The molecule has 0 saturated carbocycles. The van der Waals surface area contributed by atoms with Crippen LogP contribution in [0.15, 0.2) is 29.2 Å². The van der Waals surface area contributed by atoms with Gasteiger partial charge < -0.3 is 9.64 Å². The molecule has 0 fully saturated rings. The average Bonchev–Trinajstić information content (AvgIpc) is 2.44. The van der Waals surface area contributed by atoms with Gasteiger partial charge in [0.2, 0.25) is 0 Å². The van der Waals surface area contributed by atoms with Gasteiger partial charge in [-0.15, -0.1) is 0 Å². The summed E-state index contributed by atoms with van der Waals surface area (Å²) in [5, 5.41) is 0. The number of anilines is 1. The number of hydrogen-bond acceptors (Lipinski definition) is 4. The van der Waals surface area contributed by atoms with Gasteiger partial charge in [-0.1, -0.05) is 6.92 Å². The van der Waals surface area contributed by atoms with Crippen LogP contribution in [0.4, 0.5) is 5.69 Å². The number of rotatable bonds is 7. The van der Waals surface area contributed by atoms with Crippen molar-refractivity contribution in [3.05, 3.63) is 24.3 Å². The molecule has 0 bridgehead atoms. The van der Waals surface area contributed by atoms with Crippen LogP contribution < -0.4 is 4.90 Å². The summed E-state index contributed by atoms with van der Waals surface area (Å²) in [5.74, 6) is 0.380. The van der Waals surface area contributed by atoms with E-state index < -0.39 is 10.8 Å². The molecule has 1 rings (SSSR count). The lowest BCUT2D eigenvalue weighted by Gasteiger charge is -2.22. The number of likely N-dealkylation sites (N-methyl/N-ethyl adjacent to an activating group) is 1. The molecule has 0 amide bonds. The zero-order valence-electron chi connectivity index (χ0n) is 11.7. The van der Waals surface area contributed by atoms with Crippen LogP contribution in [-0.2, 0) is 20.3 Å². The van der Waals surface area contributed by atoms with Crippen molar-refractivity contribution in [1.82, 2.24) is 0 Å². The first-order chi connectivity index (χ1) is 9.12. The van der Waals surface area contributed by atoms with E-state index in [4.69, 9.17) is 4.74 Å². The second-order valence-corrected chi connectivity index (χ2v) is 5.69. The number of esters is 1. The molecule has 0 aromatic heterocycles. The van der Waals surface area contributed by atoms with Gasteiger partial charge in [0.15, 0.2) is 0 Å². The lowest BCUT2D eigenvalue weighted by Crippen LogP contribution is -2.30. The number of carbonyl (C=O) groups is 1. The van der Waals surface area contributed by atoms with E-state index in [-0.39, 0.29) is 12.5 Å². The molecule has 106 valence electrons. The maximum Gasteiger partial charge on any atom is 0.325 e. The highest BCUT2D eigenvalue weighted by atomic mass is 32.2. The number of nitrogens with zero attached hydrogens (tertiary/aromatic N) is 1. The van der Waals surface area contributed by atoms with Crippen molar-refractivity contribution in [2.24, 2.45) is 0 Å². The Labute approximate surface area is 117 Å². The maximum atomic E-state index is 11.7. The smallest absolute Gasteiger partial charge is 0.325 e. The van der Waals surface area contributed by atoms with Crippen LogP contribution in [0.1, 0.15) is 20.8 Å². The largest absolute Gasteiger partial charge is 0.465 e. The minimum atomic E-state index is -0.938. The quantitative estimate of drug-likeness (QED) is 0.720. The molecular weight excluding hydrogens is 262 g/mol. The van der Waals surface area contributed by atoms with E-state index in [1.165, 1.54) is 0 Å². The molecule has 1 aromatic rings. The standard InChI is InChI=1S/C14H21NO3S/c1-4-15(11-14(16)18-5-2)12-7-9-13(10-8-12)19(17)6-3/h7-10H,4-6,11H2,1-3H3. The molecule has 0 spiro atoms. The second-order valence-electron chi connectivity index (χ2n) is 3.95. The summed E-state index contributed by atoms with van der Waals surface area (Å²) in [7, 11) is -0.938. The van der Waals surface area contributed by atoms with Crippen LogP contribution in [0.25, 0.3) is 0 Å². The highest BCUT2D eigenvalue weighted by Crippen LogP contribution is 2.17. The highest BCUT2D eigenvalue weighted by Gasteiger charge is 2.11. The summed E-state index contributed by atoms with van der Waals surface area (Å²) in [6, 6.07) is 7.49. The fraction of sp³-hybridized carbons (Fsp3) is 0.500. The monoisotopic (exact) mass is 283 g/mol. The van der Waals surface area contributed by atoms with E-state index in [0.717, 1.165) is 17.1 Å². The Kier molecular flexibility index (Phi) is 6.56. The maximum absolute atomic E-state index is 11.7. The van der Waals surface area contributed by atoms with Crippen LogP contribution >= 0.6 is 0 Å². The first-order valence-electron chi connectivity index (χ1n) is 6.51. The molecule has 1 aromatic carbocycles. The van der Waals surface area contributed by atoms with Crippen molar-refractivity contribution in [2.75, 3.05) is 30.3 Å². The normalized spacial score (nSPS) is 11.9. The SMILES string of the molecule is CCOC(=O)CN(CC)c1ccc(S(=O)CC)cc1. The molecule has 4 nitrogen and oxygen atoms in total. The topological polar surface area (TPSA) is 46.6 Å². The Morgan fingerprint density at radius 3 is 2.32 bits per heavy atom. The summed E-state index contributed by atoms with van der Waals surface area (Å²) >= 11 is 0. The second kappa shape index (κ2) is 7.94. The average molecular weight is 283 g/mol. The van der Waals surface area contributed by atoms with E-state index >= 15 is 0 Å². The molecule has 0 aliphatic rings. The summed E-state index contributed by atoms with van der Waals surface area (Å²) in [6.45, 7) is 7.02. The van der Waals surface area contributed by atoms with Crippen molar-refractivity contribution >= 4 is 22.5 Å². The molecule has 19 heavy (non-hydrogen) atoms. The number of benzene rings is 1. The third-order valence-electron chi connectivity index (χ3n) is 2.73. The fourth-order valence-electron chi connectivity index (χ4n) is 1.72. The summed E-state index contributed by atoms with van der Waals surface area (Å²) in [6.07, 6.45) is 0. The molecule has 5 heteroatoms. The minimum Gasteiger partial charge on any atom is -0.465 e.